The third kappa shape index (κ3) is 11.7. The van der Waals surface area contributed by atoms with Gasteiger partial charge in [-0.1, -0.05) is 70.7 Å². The number of alkyl halides is 6. The summed E-state index contributed by atoms with van der Waals surface area (Å²) in [6.45, 7) is 0.757. The van der Waals surface area contributed by atoms with Crippen LogP contribution >= 0.6 is 62.3 Å². The summed E-state index contributed by atoms with van der Waals surface area (Å²) in [5.41, 5.74) is -1.13. The molecule has 0 unspecified atom stereocenters. The number of nitrogens with zero attached hydrogens (tertiary/aromatic N) is 8. The SMILES string of the molecule is Cn1c(=O)c2c(nc(Br)n2CCc2ccc(Cl)cc2)n(C)c1=O.Cn1c(=O)c2c(nc(Oc3ccc(Cl)c(C(F)(F)F)c3)n2CCc2ccc(Cl)cc2)n(C)c1=O.Oc1ccc(Cl)c(C(F)(F)F)c1. The lowest BCUT2D eigenvalue weighted by atomic mass is 10.1. The molecule has 4 aromatic carbocycles. The minimum absolute atomic E-state index is 0.0456. The van der Waals surface area contributed by atoms with E-state index in [2.05, 4.69) is 25.9 Å². The fourth-order valence-electron chi connectivity index (χ4n) is 6.74. The van der Waals surface area contributed by atoms with Crippen LogP contribution in [0.4, 0.5) is 26.3 Å². The van der Waals surface area contributed by atoms with Crippen molar-refractivity contribution in [2.75, 3.05) is 0 Å². The highest BCUT2D eigenvalue weighted by atomic mass is 79.9. The highest BCUT2D eigenvalue weighted by molar-refractivity contribution is 9.10. The standard InChI is InChI=1S/C22H17Cl2F3N4O3.C15H14BrClN4O2.C7H4ClF3O/c1-29-18-17(19(32)30(2)21(29)33)31(10-9-12-3-5-13(23)6-4-12)20(28-18)34-14-7-8-16(24)15(11-14)22(25,26)27;1-19-12-11(13(22)20(2)15(19)23)21(14(16)18-12)8-7-9-3-5-10(17)6-4-9;8-6-2-1-4(12)3-5(6)7(9,10)11/h3-8,11H,9-10H2,1-2H3;3-6H,7-8H2,1-2H3;1-3,12H. The number of hydrogen-bond acceptors (Lipinski definition) is 8. The highest BCUT2D eigenvalue weighted by Crippen LogP contribution is 2.38. The molecule has 0 amide bonds. The quantitative estimate of drug-likeness (QED) is 0.117. The van der Waals surface area contributed by atoms with E-state index in [4.69, 9.17) is 56.2 Å². The zero-order valence-corrected chi connectivity index (χ0v) is 40.7. The molecule has 0 saturated carbocycles. The maximum absolute atomic E-state index is 13.3. The summed E-state index contributed by atoms with van der Waals surface area (Å²) in [4.78, 5) is 58.3. The second-order valence-electron chi connectivity index (χ2n) is 15.0. The third-order valence-corrected chi connectivity index (χ3v) is 12.2. The Morgan fingerprint density at radius 1 is 0.580 bits per heavy atom. The van der Waals surface area contributed by atoms with E-state index in [1.165, 1.54) is 40.9 Å². The summed E-state index contributed by atoms with van der Waals surface area (Å²) < 4.78 is 90.0. The van der Waals surface area contributed by atoms with Crippen molar-refractivity contribution in [1.29, 1.82) is 0 Å². The zero-order chi connectivity index (χ0) is 50.9. The fourth-order valence-corrected chi connectivity index (χ4v) is 7.96. The summed E-state index contributed by atoms with van der Waals surface area (Å²) in [6.07, 6.45) is -8.06. The number of phenols is 1. The molecule has 1 N–H and O–H groups in total. The third-order valence-electron chi connectivity index (χ3n) is 10.4. The Kier molecular flexibility index (Phi) is 15.9. The Morgan fingerprint density at radius 2 is 1.00 bits per heavy atom. The summed E-state index contributed by atoms with van der Waals surface area (Å²) in [5.74, 6) is -0.631. The Morgan fingerprint density at radius 3 is 1.46 bits per heavy atom. The first kappa shape index (κ1) is 52.4. The van der Waals surface area contributed by atoms with Crippen molar-refractivity contribution in [3.8, 4) is 17.5 Å². The van der Waals surface area contributed by atoms with Crippen LogP contribution in [0.3, 0.4) is 0 Å². The molecule has 0 aliphatic carbocycles. The number of phenolic OH excluding ortho intramolecular Hbond substituents is 1. The minimum Gasteiger partial charge on any atom is -0.508 e. The first-order valence-electron chi connectivity index (χ1n) is 19.9. The van der Waals surface area contributed by atoms with Crippen LogP contribution in [0.5, 0.6) is 17.5 Å². The highest BCUT2D eigenvalue weighted by Gasteiger charge is 2.35. The van der Waals surface area contributed by atoms with Gasteiger partial charge in [0.15, 0.2) is 27.1 Å². The lowest BCUT2D eigenvalue weighted by molar-refractivity contribution is -0.138. The average molecular weight is 1110 g/mol. The van der Waals surface area contributed by atoms with Crippen molar-refractivity contribution < 1.29 is 36.2 Å². The Hall–Kier alpha value is -6.00. The second-order valence-corrected chi connectivity index (χ2v) is 17.4. The maximum atomic E-state index is 13.3. The molecule has 0 saturated heterocycles. The van der Waals surface area contributed by atoms with Crippen LogP contribution in [0.2, 0.25) is 20.1 Å². The molecule has 0 spiro atoms. The van der Waals surface area contributed by atoms with Gasteiger partial charge in [-0.05, 0) is 101 Å². The van der Waals surface area contributed by atoms with Crippen molar-refractivity contribution in [3.63, 3.8) is 0 Å². The minimum atomic E-state index is -4.69. The van der Waals surface area contributed by atoms with E-state index in [0.717, 1.165) is 44.5 Å². The van der Waals surface area contributed by atoms with Gasteiger partial charge < -0.3 is 14.4 Å². The number of hydrogen-bond donors (Lipinski definition) is 1. The van der Waals surface area contributed by atoms with Gasteiger partial charge >= 0.3 is 29.7 Å². The number of aromatic nitrogens is 8. The molecule has 8 rings (SSSR count). The van der Waals surface area contributed by atoms with Gasteiger partial charge in [0, 0.05) is 51.3 Å². The smallest absolute Gasteiger partial charge is 0.417 e. The molecule has 0 aliphatic rings. The van der Waals surface area contributed by atoms with Gasteiger partial charge in [-0.15, -0.1) is 0 Å². The molecule has 8 aromatic rings. The first-order valence-corrected chi connectivity index (χ1v) is 22.2. The number of aromatic hydroxyl groups is 1. The molecule has 4 aromatic heterocycles. The van der Waals surface area contributed by atoms with Crippen LogP contribution in [0.25, 0.3) is 22.3 Å². The molecule has 0 fully saturated rings. The molecule has 0 atom stereocenters. The fraction of sp³-hybridized carbons (Fsp3) is 0.227. The molecule has 4 heterocycles. The molecule has 0 aliphatic heterocycles. The molecule has 14 nitrogen and oxygen atoms in total. The Labute approximate surface area is 413 Å². The topological polar surface area (TPSA) is 153 Å². The number of halogens is 11. The monoisotopic (exact) mass is 1100 g/mol. The normalized spacial score (nSPS) is 11.6. The van der Waals surface area contributed by atoms with E-state index in [1.54, 1.807) is 23.7 Å². The summed E-state index contributed by atoms with van der Waals surface area (Å²) in [7, 11) is 5.84. The van der Waals surface area contributed by atoms with Crippen LogP contribution in [0.1, 0.15) is 22.3 Å². The van der Waals surface area contributed by atoms with E-state index in [9.17, 15) is 45.5 Å². The molecule has 0 radical (unpaired) electrons. The number of rotatable bonds is 8. The van der Waals surface area contributed by atoms with Crippen molar-refractivity contribution in [3.05, 3.63) is 174 Å². The first-order chi connectivity index (χ1) is 32.3. The lowest BCUT2D eigenvalue weighted by Gasteiger charge is -2.13. The number of benzene rings is 4. The average Bonchev–Trinajstić information content (AvgIpc) is 3.83. The molecule has 25 heteroatoms. The zero-order valence-electron chi connectivity index (χ0n) is 36.1. The summed E-state index contributed by atoms with van der Waals surface area (Å²) in [5, 5.41) is 9.10. The van der Waals surface area contributed by atoms with E-state index >= 15 is 0 Å². The molecular formula is C44H35BrCl4F6N8O6. The van der Waals surface area contributed by atoms with Crippen LogP contribution in [-0.2, 0) is 66.5 Å². The number of fused-ring (bicyclic) bond motifs is 2. The summed E-state index contributed by atoms with van der Waals surface area (Å²) >= 11 is 26.1. The van der Waals surface area contributed by atoms with Crippen molar-refractivity contribution in [2.45, 2.75) is 38.3 Å². The molecule has 364 valence electrons. The largest absolute Gasteiger partial charge is 0.508 e. The number of imidazole rings is 2. The predicted octanol–water partition coefficient (Wildman–Crippen LogP) is 9.95. The predicted molar refractivity (Wildman–Crippen MR) is 253 cm³/mol. The maximum Gasteiger partial charge on any atom is 0.417 e. The number of aryl methyl sites for hydroxylation is 6. The second kappa shape index (κ2) is 20.9. The Balaban J connectivity index is 0.000000191. The van der Waals surface area contributed by atoms with Gasteiger partial charge in [0.25, 0.3) is 11.1 Å². The Bertz CT molecular complexity index is 3460. The van der Waals surface area contributed by atoms with Crippen LogP contribution in [0.15, 0.2) is 109 Å². The lowest BCUT2D eigenvalue weighted by Crippen LogP contribution is -2.37. The summed E-state index contributed by atoms with van der Waals surface area (Å²) in [6, 6.07) is 20.2. The van der Waals surface area contributed by atoms with E-state index < -0.39 is 56.2 Å². The van der Waals surface area contributed by atoms with Crippen LogP contribution in [-0.4, -0.2) is 42.5 Å². The van der Waals surface area contributed by atoms with Gasteiger partial charge in [0.05, 0.1) is 21.2 Å². The van der Waals surface area contributed by atoms with Crippen molar-refractivity contribution in [2.24, 2.45) is 28.2 Å². The van der Waals surface area contributed by atoms with Crippen molar-refractivity contribution in [1.82, 2.24) is 37.4 Å². The van der Waals surface area contributed by atoms with Gasteiger partial charge in [-0.2, -0.15) is 31.3 Å². The van der Waals surface area contributed by atoms with E-state index in [1.807, 2.05) is 36.4 Å². The van der Waals surface area contributed by atoms with Gasteiger partial charge in [0.2, 0.25) is 0 Å². The van der Waals surface area contributed by atoms with Crippen molar-refractivity contribution >= 4 is 84.7 Å². The van der Waals surface area contributed by atoms with Crippen LogP contribution in [0, 0.1) is 0 Å². The molecular weight excluding hydrogens is 1070 g/mol. The van der Waals surface area contributed by atoms with Gasteiger partial charge in [-0.3, -0.25) is 32.4 Å². The van der Waals surface area contributed by atoms with Gasteiger partial charge in [0.1, 0.15) is 11.5 Å². The molecule has 0 bridgehead atoms. The van der Waals surface area contributed by atoms with Crippen LogP contribution < -0.4 is 27.2 Å². The van der Waals surface area contributed by atoms with E-state index in [0.29, 0.717) is 51.4 Å². The van der Waals surface area contributed by atoms with E-state index in [-0.39, 0.29) is 35.0 Å². The molecule has 69 heavy (non-hydrogen) atoms. The number of ether oxygens (including phenoxy) is 1. The van der Waals surface area contributed by atoms with Gasteiger partial charge in [-0.25, -0.2) is 14.6 Å².